The number of aliphatic carboxylic acids is 1. The number of hydrogen-bond acceptors (Lipinski definition) is 4. The lowest BCUT2D eigenvalue weighted by molar-refractivity contribution is -0.873. The summed E-state index contributed by atoms with van der Waals surface area (Å²) >= 11 is 0. The van der Waals surface area contributed by atoms with Crippen molar-refractivity contribution in [3.8, 4) is 0 Å². The van der Waals surface area contributed by atoms with Crippen molar-refractivity contribution in [2.75, 3.05) is 27.7 Å². The molecule has 1 atom stereocenters. The van der Waals surface area contributed by atoms with Gasteiger partial charge in [-0.25, -0.2) is 0 Å². The van der Waals surface area contributed by atoms with Gasteiger partial charge in [0.1, 0.15) is 12.3 Å². The number of quaternary nitrogens is 1. The Morgan fingerprint density at radius 2 is 1.19 bits per heavy atom. The first-order chi connectivity index (χ1) is 14.6. The quantitative estimate of drug-likeness (QED) is 0.144. The van der Waals surface area contributed by atoms with Crippen molar-refractivity contribution in [1.82, 2.24) is 0 Å². The molecule has 0 aliphatic heterocycles. The predicted octanol–water partition coefficient (Wildman–Crippen LogP) is 5.52. The molecule has 0 rings (SSSR count). The highest BCUT2D eigenvalue weighted by molar-refractivity contribution is 5.78. The maximum atomic E-state index is 12.0. The first-order valence-corrected chi connectivity index (χ1v) is 12.4. The average molecular weight is 443 g/mol. The van der Waals surface area contributed by atoms with E-state index in [1.165, 1.54) is 32.1 Å². The Balaban J connectivity index is 3.65. The number of rotatable bonds is 21. The van der Waals surface area contributed by atoms with E-state index in [9.17, 15) is 14.4 Å². The van der Waals surface area contributed by atoms with E-state index in [0.717, 1.165) is 57.8 Å². The molecule has 0 saturated carbocycles. The van der Waals surface area contributed by atoms with E-state index >= 15 is 0 Å². The highest BCUT2D eigenvalue weighted by atomic mass is 16.5. The standard InChI is InChI=1S/C25H47NO5/c1-5-6-7-14-17-22(27)18-15-12-10-8-9-11-13-16-19-25(30)31-23(20-24(28)29)21-26(2,3)4/h23H,5-21H2,1-4H3/p+1. The number of ketones is 1. The fraction of sp³-hybridized carbons (Fsp3) is 0.880. The molecule has 0 aliphatic carbocycles. The van der Waals surface area contributed by atoms with E-state index in [4.69, 9.17) is 9.84 Å². The molecular weight excluding hydrogens is 394 g/mol. The smallest absolute Gasteiger partial charge is 0.307 e. The highest BCUT2D eigenvalue weighted by Crippen LogP contribution is 2.13. The van der Waals surface area contributed by atoms with E-state index in [1.807, 2.05) is 21.1 Å². The first kappa shape index (κ1) is 29.6. The van der Waals surface area contributed by atoms with Crippen LogP contribution in [0.4, 0.5) is 0 Å². The molecule has 182 valence electrons. The Hall–Kier alpha value is -1.43. The number of carboxylic acids is 1. The van der Waals surface area contributed by atoms with Gasteiger partial charge in [-0.05, 0) is 19.3 Å². The Kier molecular flexibility index (Phi) is 17.3. The Morgan fingerprint density at radius 3 is 1.65 bits per heavy atom. The van der Waals surface area contributed by atoms with Crippen molar-refractivity contribution in [2.24, 2.45) is 0 Å². The lowest BCUT2D eigenvalue weighted by atomic mass is 10.0. The number of likely N-dealkylation sites (N-methyl/N-ethyl adjacent to an activating group) is 1. The molecule has 6 heteroatoms. The largest absolute Gasteiger partial charge is 0.481 e. The van der Waals surface area contributed by atoms with Crippen molar-refractivity contribution in [2.45, 2.75) is 116 Å². The van der Waals surface area contributed by atoms with Crippen LogP contribution in [-0.4, -0.2) is 61.1 Å². The summed E-state index contributed by atoms with van der Waals surface area (Å²) in [6, 6.07) is 0. The minimum atomic E-state index is -0.942. The topological polar surface area (TPSA) is 80.7 Å². The molecule has 0 fully saturated rings. The van der Waals surface area contributed by atoms with Crippen LogP contribution in [0.5, 0.6) is 0 Å². The zero-order chi connectivity index (χ0) is 23.5. The minimum absolute atomic E-state index is 0.147. The summed E-state index contributed by atoms with van der Waals surface area (Å²) in [5.41, 5.74) is 0. The second-order valence-corrected chi connectivity index (χ2v) is 9.86. The van der Waals surface area contributed by atoms with Gasteiger partial charge in [0.05, 0.1) is 27.6 Å². The normalized spacial score (nSPS) is 12.5. The zero-order valence-corrected chi connectivity index (χ0v) is 20.6. The van der Waals surface area contributed by atoms with Gasteiger partial charge in [-0.2, -0.15) is 0 Å². The molecule has 0 spiro atoms. The van der Waals surface area contributed by atoms with Crippen molar-refractivity contribution in [3.63, 3.8) is 0 Å². The number of hydrogen-bond donors (Lipinski definition) is 1. The van der Waals surface area contributed by atoms with E-state index < -0.39 is 12.1 Å². The molecule has 1 unspecified atom stereocenters. The number of nitrogens with zero attached hydrogens (tertiary/aromatic N) is 1. The highest BCUT2D eigenvalue weighted by Gasteiger charge is 2.24. The third kappa shape index (κ3) is 21.6. The summed E-state index contributed by atoms with van der Waals surface area (Å²) in [6.07, 6.45) is 14.3. The van der Waals surface area contributed by atoms with Gasteiger partial charge < -0.3 is 14.3 Å². The Bertz CT molecular complexity index is 499. The van der Waals surface area contributed by atoms with Gasteiger partial charge in [0.15, 0.2) is 6.10 Å². The maximum Gasteiger partial charge on any atom is 0.307 e. The summed E-state index contributed by atoms with van der Waals surface area (Å²) < 4.78 is 5.96. The van der Waals surface area contributed by atoms with E-state index in [-0.39, 0.29) is 12.4 Å². The molecule has 0 bridgehead atoms. The lowest BCUT2D eigenvalue weighted by Gasteiger charge is -2.28. The SMILES string of the molecule is CCCCCCC(=O)CCCCCCCCCCC(=O)OC(CC(=O)O)C[N+](C)(C)C. The maximum absolute atomic E-state index is 12.0. The summed E-state index contributed by atoms with van der Waals surface area (Å²) in [5.74, 6) is -0.809. The van der Waals surface area contributed by atoms with E-state index in [0.29, 0.717) is 23.2 Å². The predicted molar refractivity (Wildman–Crippen MR) is 125 cm³/mol. The van der Waals surface area contributed by atoms with Crippen LogP contribution >= 0.6 is 0 Å². The van der Waals surface area contributed by atoms with Crippen molar-refractivity contribution >= 4 is 17.7 Å². The first-order valence-electron chi connectivity index (χ1n) is 12.4. The van der Waals surface area contributed by atoms with Crippen molar-refractivity contribution < 1.29 is 28.7 Å². The Morgan fingerprint density at radius 1 is 0.742 bits per heavy atom. The molecule has 1 N–H and O–H groups in total. The second-order valence-electron chi connectivity index (χ2n) is 9.86. The van der Waals surface area contributed by atoms with Crippen molar-refractivity contribution in [1.29, 1.82) is 0 Å². The third-order valence-electron chi connectivity index (χ3n) is 5.35. The number of ether oxygens (including phenoxy) is 1. The Labute approximate surface area is 190 Å². The fourth-order valence-electron chi connectivity index (χ4n) is 3.72. The van der Waals surface area contributed by atoms with Crippen LogP contribution in [0.25, 0.3) is 0 Å². The molecule has 0 aromatic carbocycles. The summed E-state index contributed by atoms with van der Waals surface area (Å²) in [5, 5.41) is 9.01. The van der Waals surface area contributed by atoms with Gasteiger partial charge in [0.25, 0.3) is 0 Å². The second kappa shape index (κ2) is 18.2. The molecule has 0 saturated heterocycles. The molecule has 0 aromatic heterocycles. The molecule has 0 aliphatic rings. The lowest BCUT2D eigenvalue weighted by Crippen LogP contribution is -2.43. The molecular formula is C25H48NO5+. The van der Waals surface area contributed by atoms with Crippen LogP contribution in [0.1, 0.15) is 110 Å². The number of unbranched alkanes of at least 4 members (excludes halogenated alkanes) is 10. The number of esters is 1. The molecule has 0 heterocycles. The van der Waals surface area contributed by atoms with Crippen LogP contribution in [0.3, 0.4) is 0 Å². The molecule has 31 heavy (non-hydrogen) atoms. The van der Waals surface area contributed by atoms with Gasteiger partial charge >= 0.3 is 11.9 Å². The molecule has 6 nitrogen and oxygen atoms in total. The van der Waals surface area contributed by atoms with E-state index in [2.05, 4.69) is 6.92 Å². The van der Waals surface area contributed by atoms with E-state index in [1.54, 1.807) is 0 Å². The van der Waals surface area contributed by atoms with Crippen LogP contribution < -0.4 is 0 Å². The van der Waals surface area contributed by atoms with Gasteiger partial charge in [-0.3, -0.25) is 14.4 Å². The van der Waals surface area contributed by atoms with Crippen molar-refractivity contribution in [3.05, 3.63) is 0 Å². The molecule has 0 radical (unpaired) electrons. The summed E-state index contributed by atoms with van der Waals surface area (Å²) in [7, 11) is 5.86. The van der Waals surface area contributed by atoms with Gasteiger partial charge in [-0.15, -0.1) is 0 Å². The van der Waals surface area contributed by atoms with Gasteiger partial charge in [0, 0.05) is 19.3 Å². The van der Waals surface area contributed by atoms with Gasteiger partial charge in [0.2, 0.25) is 0 Å². The number of carboxylic acid groups (broad SMARTS) is 1. The number of Topliss-reactive ketones (excluding diaryl/α,β-unsaturated/α-hetero) is 1. The summed E-state index contributed by atoms with van der Waals surface area (Å²) in [4.78, 5) is 34.8. The summed E-state index contributed by atoms with van der Waals surface area (Å²) in [6.45, 7) is 2.67. The van der Waals surface area contributed by atoms with Crippen LogP contribution in [0.15, 0.2) is 0 Å². The number of carbonyl (C=O) groups is 3. The van der Waals surface area contributed by atoms with Gasteiger partial charge in [-0.1, -0.05) is 64.7 Å². The zero-order valence-electron chi connectivity index (χ0n) is 20.6. The molecule has 0 aromatic rings. The fourth-order valence-corrected chi connectivity index (χ4v) is 3.72. The van der Waals surface area contributed by atoms with Crippen LogP contribution in [0, 0.1) is 0 Å². The monoisotopic (exact) mass is 442 g/mol. The number of carbonyl (C=O) groups excluding carboxylic acids is 2. The van der Waals surface area contributed by atoms with Crippen LogP contribution in [-0.2, 0) is 19.1 Å². The third-order valence-corrected chi connectivity index (χ3v) is 5.35. The van der Waals surface area contributed by atoms with Crippen LogP contribution in [0.2, 0.25) is 0 Å². The average Bonchev–Trinajstić information content (AvgIpc) is 2.64. The minimum Gasteiger partial charge on any atom is -0.481 e. The molecule has 0 amide bonds.